The van der Waals surface area contributed by atoms with Crippen molar-refractivity contribution in [3.63, 3.8) is 0 Å². The normalized spacial score (nSPS) is 16.9. The molecule has 0 N–H and O–H groups in total. The maximum Gasteiger partial charge on any atom is 0.0529 e. The van der Waals surface area contributed by atoms with Gasteiger partial charge in [-0.2, -0.15) is 0 Å². The fourth-order valence-electron chi connectivity index (χ4n) is 9.01. The molecular formula is C49H36S. The highest BCUT2D eigenvalue weighted by Gasteiger charge is 2.48. The maximum atomic E-state index is 2.47. The molecule has 7 aromatic rings. The van der Waals surface area contributed by atoms with Crippen LogP contribution in [0.4, 0.5) is 0 Å². The molecule has 0 amide bonds. The molecule has 1 atom stereocenters. The largest absolute Gasteiger partial charge is 0.139 e. The third kappa shape index (κ3) is 4.50. The Hall–Kier alpha value is -5.50. The Labute approximate surface area is 298 Å². The summed E-state index contributed by atoms with van der Waals surface area (Å²) in [6, 6.07) is 54.5. The zero-order valence-corrected chi connectivity index (χ0v) is 28.7. The molecule has 0 spiro atoms. The van der Waals surface area contributed by atoms with Crippen molar-refractivity contribution in [2.45, 2.75) is 24.7 Å². The average molecular weight is 657 g/mol. The summed E-state index contributed by atoms with van der Waals surface area (Å²) in [4.78, 5) is 1.50. The van der Waals surface area contributed by atoms with Gasteiger partial charge in [0.25, 0.3) is 0 Å². The standard InChI is InChI=1S/C49H36S/c1-4-14-33(15-5-1)36-26-29-47-43(30-36)44-32-37(34-16-6-2-7-17-34)31-42(48(44)50-47)35-24-27-39(28-25-35)49(38-18-8-3-9-19-38)45-22-12-10-20-40(45)41-21-11-13-23-46(41)49/h1-18,20-25,27-28,30-32,38H,19,26,29H2. The van der Waals surface area contributed by atoms with E-state index in [1.54, 1.807) is 0 Å². The number of aryl methyl sites for hydroxylation is 1. The first-order valence-corrected chi connectivity index (χ1v) is 18.6. The first-order chi connectivity index (χ1) is 24.8. The van der Waals surface area contributed by atoms with Gasteiger partial charge in [0, 0.05) is 20.5 Å². The summed E-state index contributed by atoms with van der Waals surface area (Å²) in [7, 11) is 0. The predicted molar refractivity (Wildman–Crippen MR) is 213 cm³/mol. The van der Waals surface area contributed by atoms with Crippen LogP contribution in [0.2, 0.25) is 0 Å². The summed E-state index contributed by atoms with van der Waals surface area (Å²) in [5, 5.41) is 1.37. The van der Waals surface area contributed by atoms with Gasteiger partial charge in [-0.25, -0.2) is 0 Å². The van der Waals surface area contributed by atoms with Crippen LogP contribution in [0.25, 0.3) is 55.1 Å². The molecule has 0 radical (unpaired) electrons. The Morgan fingerprint density at radius 1 is 0.540 bits per heavy atom. The van der Waals surface area contributed by atoms with E-state index in [0.717, 1.165) is 19.3 Å². The highest BCUT2D eigenvalue weighted by molar-refractivity contribution is 7.20. The number of allylic oxidation sites excluding steroid dienone is 5. The maximum absolute atomic E-state index is 2.47. The highest BCUT2D eigenvalue weighted by atomic mass is 32.1. The molecule has 0 fully saturated rings. The summed E-state index contributed by atoms with van der Waals surface area (Å²) < 4.78 is 1.39. The molecule has 3 aliphatic rings. The minimum atomic E-state index is -0.255. The SMILES string of the molecule is C1=CCC(C2(c3ccc(-c4cc(-c5ccccc5)cc5c6c(sc45)CCC(c4ccccc4)=C6)cc3)c3ccccc3-c3ccccc32)C=C1. The van der Waals surface area contributed by atoms with Gasteiger partial charge in [-0.15, -0.1) is 11.3 Å². The Kier molecular flexibility index (Phi) is 6.96. The minimum Gasteiger partial charge on any atom is -0.139 e. The number of rotatable bonds is 5. The van der Waals surface area contributed by atoms with E-state index in [1.807, 2.05) is 11.3 Å². The van der Waals surface area contributed by atoms with Gasteiger partial charge in [-0.3, -0.25) is 0 Å². The lowest BCUT2D eigenvalue weighted by molar-refractivity contribution is 0.457. The topological polar surface area (TPSA) is 0 Å². The lowest BCUT2D eigenvalue weighted by Gasteiger charge is -2.39. The van der Waals surface area contributed by atoms with Crippen LogP contribution in [0.1, 0.15) is 45.5 Å². The van der Waals surface area contributed by atoms with Crippen LogP contribution in [0.5, 0.6) is 0 Å². The first-order valence-electron chi connectivity index (χ1n) is 17.8. The van der Waals surface area contributed by atoms with E-state index in [1.165, 1.54) is 81.7 Å². The van der Waals surface area contributed by atoms with Crippen LogP contribution in [0.3, 0.4) is 0 Å². The van der Waals surface area contributed by atoms with Gasteiger partial charge in [0.05, 0.1) is 5.41 Å². The van der Waals surface area contributed by atoms with Crippen molar-refractivity contribution >= 4 is 33.1 Å². The second-order valence-corrected chi connectivity index (χ2v) is 15.0. The molecule has 0 saturated carbocycles. The molecular weight excluding hydrogens is 621 g/mol. The summed E-state index contributed by atoms with van der Waals surface area (Å²) in [5.74, 6) is 0.325. The monoisotopic (exact) mass is 656 g/mol. The van der Waals surface area contributed by atoms with Crippen LogP contribution in [0.15, 0.2) is 170 Å². The Balaban J connectivity index is 1.16. The minimum absolute atomic E-state index is 0.255. The number of benzene rings is 6. The van der Waals surface area contributed by atoms with Crippen LogP contribution in [-0.4, -0.2) is 0 Å². The molecule has 50 heavy (non-hydrogen) atoms. The van der Waals surface area contributed by atoms with Gasteiger partial charge in [0.1, 0.15) is 0 Å². The highest BCUT2D eigenvalue weighted by Crippen LogP contribution is 2.58. The van der Waals surface area contributed by atoms with E-state index in [4.69, 9.17) is 0 Å². The Morgan fingerprint density at radius 2 is 1.20 bits per heavy atom. The molecule has 0 nitrogen and oxygen atoms in total. The van der Waals surface area contributed by atoms with Crippen molar-refractivity contribution < 1.29 is 0 Å². The van der Waals surface area contributed by atoms with Gasteiger partial charge in [-0.05, 0) is 105 Å². The van der Waals surface area contributed by atoms with Crippen molar-refractivity contribution in [1.29, 1.82) is 0 Å². The second-order valence-electron chi connectivity index (χ2n) is 13.9. The molecule has 1 unspecified atom stereocenters. The van der Waals surface area contributed by atoms with Crippen molar-refractivity contribution in [1.82, 2.24) is 0 Å². The zero-order valence-electron chi connectivity index (χ0n) is 27.9. The molecule has 0 saturated heterocycles. The predicted octanol–water partition coefficient (Wildman–Crippen LogP) is 13.2. The van der Waals surface area contributed by atoms with Crippen molar-refractivity contribution in [3.05, 3.63) is 203 Å². The summed E-state index contributed by atoms with van der Waals surface area (Å²) in [6.45, 7) is 0. The fourth-order valence-corrected chi connectivity index (χ4v) is 10.3. The molecule has 10 rings (SSSR count). The zero-order chi connectivity index (χ0) is 33.1. The van der Waals surface area contributed by atoms with Crippen LogP contribution in [-0.2, 0) is 11.8 Å². The third-order valence-electron chi connectivity index (χ3n) is 11.3. The number of thiophene rings is 1. The van der Waals surface area contributed by atoms with E-state index < -0.39 is 0 Å². The van der Waals surface area contributed by atoms with E-state index in [-0.39, 0.29) is 5.41 Å². The molecule has 1 aromatic heterocycles. The number of hydrogen-bond donors (Lipinski definition) is 0. The van der Waals surface area contributed by atoms with Gasteiger partial charge in [0.2, 0.25) is 0 Å². The van der Waals surface area contributed by atoms with E-state index >= 15 is 0 Å². The molecule has 0 bridgehead atoms. The van der Waals surface area contributed by atoms with Gasteiger partial charge >= 0.3 is 0 Å². The van der Waals surface area contributed by atoms with Crippen LogP contribution in [0, 0.1) is 5.92 Å². The van der Waals surface area contributed by atoms with E-state index in [0.29, 0.717) is 5.92 Å². The van der Waals surface area contributed by atoms with Gasteiger partial charge in [0.15, 0.2) is 0 Å². The molecule has 3 aliphatic carbocycles. The fraction of sp³-hybridized carbons (Fsp3) is 0.102. The second kappa shape index (κ2) is 11.8. The van der Waals surface area contributed by atoms with E-state index in [2.05, 4.69) is 176 Å². The number of fused-ring (bicyclic) bond motifs is 6. The number of hydrogen-bond acceptors (Lipinski definition) is 1. The quantitative estimate of drug-likeness (QED) is 0.173. The molecule has 6 aromatic carbocycles. The average Bonchev–Trinajstić information content (AvgIpc) is 3.72. The molecule has 1 heteroatoms. The Morgan fingerprint density at radius 3 is 1.88 bits per heavy atom. The van der Waals surface area contributed by atoms with Crippen molar-refractivity contribution in [2.24, 2.45) is 5.92 Å². The van der Waals surface area contributed by atoms with Crippen molar-refractivity contribution in [3.8, 4) is 33.4 Å². The van der Waals surface area contributed by atoms with Crippen LogP contribution < -0.4 is 0 Å². The van der Waals surface area contributed by atoms with Gasteiger partial charge < -0.3 is 0 Å². The Bertz CT molecular complexity index is 2440. The summed E-state index contributed by atoms with van der Waals surface area (Å²) in [5.41, 5.74) is 16.0. The third-order valence-corrected chi connectivity index (χ3v) is 12.6. The van der Waals surface area contributed by atoms with Gasteiger partial charge in [-0.1, -0.05) is 158 Å². The van der Waals surface area contributed by atoms with E-state index in [9.17, 15) is 0 Å². The first kappa shape index (κ1) is 29.4. The lowest BCUT2D eigenvalue weighted by atomic mass is 9.62. The molecule has 0 aliphatic heterocycles. The summed E-state index contributed by atoms with van der Waals surface area (Å²) in [6.07, 6.45) is 14.9. The van der Waals surface area contributed by atoms with Crippen LogP contribution >= 0.6 is 11.3 Å². The van der Waals surface area contributed by atoms with Crippen molar-refractivity contribution in [2.75, 3.05) is 0 Å². The molecule has 238 valence electrons. The lowest BCUT2D eigenvalue weighted by Crippen LogP contribution is -2.35. The molecule has 1 heterocycles. The smallest absolute Gasteiger partial charge is 0.0529 e. The summed E-state index contributed by atoms with van der Waals surface area (Å²) >= 11 is 1.99.